The zero-order chi connectivity index (χ0) is 6.69. The lowest BCUT2D eigenvalue weighted by molar-refractivity contribution is 0.0943. The molecule has 1 aromatic rings. The molecule has 4 heteroatoms. The largest absolute Gasteiger partial charge is 0.276 e. The molecule has 0 saturated heterocycles. The molecule has 0 fully saturated rings. The van der Waals surface area contributed by atoms with Crippen molar-refractivity contribution in [2.45, 2.75) is 0 Å². The summed E-state index contributed by atoms with van der Waals surface area (Å²) < 4.78 is 1.43. The van der Waals surface area contributed by atoms with Crippen LogP contribution < -0.4 is 0 Å². The molecule has 1 rings (SSSR count). The number of imidazole rings is 1. The van der Waals surface area contributed by atoms with Crippen molar-refractivity contribution in [3.8, 4) is 0 Å². The molecule has 0 radical (unpaired) electrons. The van der Waals surface area contributed by atoms with Crippen LogP contribution >= 0.6 is 15.9 Å². The SMILES string of the molecule is O=C(CBr)n1ccnc1. The van der Waals surface area contributed by atoms with Crippen molar-refractivity contribution < 1.29 is 4.79 Å². The summed E-state index contributed by atoms with van der Waals surface area (Å²) >= 11 is 3.04. The van der Waals surface area contributed by atoms with Gasteiger partial charge in [-0.1, -0.05) is 15.9 Å². The Morgan fingerprint density at radius 1 is 1.78 bits per heavy atom. The van der Waals surface area contributed by atoms with Gasteiger partial charge in [0.15, 0.2) is 0 Å². The molecule has 0 amide bonds. The van der Waals surface area contributed by atoms with Crippen molar-refractivity contribution in [2.24, 2.45) is 0 Å². The molecule has 1 aromatic heterocycles. The fourth-order valence-electron chi connectivity index (χ4n) is 0.476. The van der Waals surface area contributed by atoms with E-state index in [2.05, 4.69) is 20.9 Å². The third kappa shape index (κ3) is 1.38. The molecule has 48 valence electrons. The first-order valence-corrected chi connectivity index (χ1v) is 3.54. The normalized spacial score (nSPS) is 9.44. The number of alkyl halides is 1. The minimum atomic E-state index is -0.00694. The molecule has 0 aliphatic rings. The number of carbonyl (C=O) groups is 1. The van der Waals surface area contributed by atoms with E-state index in [0.29, 0.717) is 5.33 Å². The average Bonchev–Trinajstić information content (AvgIpc) is 2.37. The summed E-state index contributed by atoms with van der Waals surface area (Å²) in [5.41, 5.74) is 0. The number of hydrogen-bond donors (Lipinski definition) is 0. The molecule has 0 aliphatic carbocycles. The first kappa shape index (κ1) is 6.48. The van der Waals surface area contributed by atoms with Gasteiger partial charge in [0, 0.05) is 12.4 Å². The maximum Gasteiger partial charge on any atom is 0.242 e. The quantitative estimate of drug-likeness (QED) is 0.615. The van der Waals surface area contributed by atoms with Crippen molar-refractivity contribution in [3.05, 3.63) is 18.7 Å². The van der Waals surface area contributed by atoms with Crippen LogP contribution in [0.4, 0.5) is 0 Å². The Labute approximate surface area is 60.8 Å². The summed E-state index contributed by atoms with van der Waals surface area (Å²) in [5, 5.41) is 0.337. The van der Waals surface area contributed by atoms with E-state index in [0.717, 1.165) is 0 Å². The molecule has 0 spiro atoms. The summed E-state index contributed by atoms with van der Waals surface area (Å²) in [4.78, 5) is 14.5. The van der Waals surface area contributed by atoms with E-state index < -0.39 is 0 Å². The fourth-order valence-corrected chi connectivity index (χ4v) is 0.765. The van der Waals surface area contributed by atoms with Gasteiger partial charge in [-0.2, -0.15) is 0 Å². The molecule has 0 aliphatic heterocycles. The summed E-state index contributed by atoms with van der Waals surface area (Å²) in [6.07, 6.45) is 4.66. The molecule has 0 saturated carbocycles. The van der Waals surface area contributed by atoms with Gasteiger partial charge in [-0.15, -0.1) is 0 Å². The number of hydrogen-bond acceptors (Lipinski definition) is 2. The van der Waals surface area contributed by atoms with Crippen LogP contribution in [-0.4, -0.2) is 20.8 Å². The minimum absolute atomic E-state index is 0.00694. The molecule has 0 atom stereocenters. The average molecular weight is 189 g/mol. The lowest BCUT2D eigenvalue weighted by atomic mass is 10.7. The number of nitrogens with zero attached hydrogens (tertiary/aromatic N) is 2. The molecule has 0 unspecified atom stereocenters. The summed E-state index contributed by atoms with van der Waals surface area (Å²) in [6.45, 7) is 0. The molecule has 0 bridgehead atoms. The van der Waals surface area contributed by atoms with Crippen LogP contribution in [0.15, 0.2) is 18.7 Å². The van der Waals surface area contributed by atoms with E-state index >= 15 is 0 Å². The monoisotopic (exact) mass is 188 g/mol. The Balaban J connectivity index is 2.77. The van der Waals surface area contributed by atoms with Crippen LogP contribution in [0.1, 0.15) is 4.79 Å². The number of rotatable bonds is 1. The highest BCUT2D eigenvalue weighted by Gasteiger charge is 1.97. The Bertz CT molecular complexity index is 195. The van der Waals surface area contributed by atoms with E-state index in [4.69, 9.17) is 0 Å². The summed E-state index contributed by atoms with van der Waals surface area (Å²) in [6, 6.07) is 0. The van der Waals surface area contributed by atoms with Crippen molar-refractivity contribution >= 4 is 21.8 Å². The standard InChI is InChI=1S/C5H5BrN2O/c6-3-5(9)8-2-1-7-4-8/h1-2,4H,3H2. The van der Waals surface area contributed by atoms with Crippen LogP contribution in [0, 0.1) is 0 Å². The Morgan fingerprint density at radius 2 is 2.56 bits per heavy atom. The van der Waals surface area contributed by atoms with E-state index in [1.807, 2.05) is 0 Å². The van der Waals surface area contributed by atoms with Crippen LogP contribution in [0.3, 0.4) is 0 Å². The van der Waals surface area contributed by atoms with E-state index in [9.17, 15) is 4.79 Å². The molecule has 0 N–H and O–H groups in total. The molecule has 0 aromatic carbocycles. The topological polar surface area (TPSA) is 34.9 Å². The van der Waals surface area contributed by atoms with Crippen LogP contribution in [0.5, 0.6) is 0 Å². The fraction of sp³-hybridized carbons (Fsp3) is 0.200. The van der Waals surface area contributed by atoms with E-state index in [1.165, 1.54) is 10.9 Å². The van der Waals surface area contributed by atoms with Gasteiger partial charge in [-0.25, -0.2) is 4.98 Å². The molecular weight excluding hydrogens is 184 g/mol. The number of aromatic nitrogens is 2. The second kappa shape index (κ2) is 2.77. The summed E-state index contributed by atoms with van der Waals surface area (Å²) in [5.74, 6) is -0.00694. The minimum Gasteiger partial charge on any atom is -0.276 e. The van der Waals surface area contributed by atoms with E-state index in [-0.39, 0.29) is 5.91 Å². The number of carbonyl (C=O) groups excluding carboxylic acids is 1. The smallest absolute Gasteiger partial charge is 0.242 e. The highest BCUT2D eigenvalue weighted by Crippen LogP contribution is 1.89. The Hall–Kier alpha value is -0.640. The van der Waals surface area contributed by atoms with Gasteiger partial charge >= 0.3 is 0 Å². The highest BCUT2D eigenvalue weighted by molar-refractivity contribution is 9.09. The van der Waals surface area contributed by atoms with Crippen molar-refractivity contribution in [1.29, 1.82) is 0 Å². The molecule has 3 nitrogen and oxygen atoms in total. The maximum absolute atomic E-state index is 10.8. The van der Waals surface area contributed by atoms with Crippen LogP contribution in [-0.2, 0) is 0 Å². The van der Waals surface area contributed by atoms with Crippen LogP contribution in [0.25, 0.3) is 0 Å². The predicted molar refractivity (Wildman–Crippen MR) is 36.6 cm³/mol. The second-order valence-corrected chi connectivity index (χ2v) is 2.06. The third-order valence-corrected chi connectivity index (χ3v) is 1.39. The highest BCUT2D eigenvalue weighted by atomic mass is 79.9. The zero-order valence-electron chi connectivity index (χ0n) is 4.62. The van der Waals surface area contributed by atoms with Gasteiger partial charge in [0.1, 0.15) is 6.33 Å². The van der Waals surface area contributed by atoms with Gasteiger partial charge in [-0.3, -0.25) is 9.36 Å². The second-order valence-electron chi connectivity index (χ2n) is 1.50. The predicted octanol–water partition coefficient (Wildman–Crippen LogP) is 0.918. The molecule has 9 heavy (non-hydrogen) atoms. The summed E-state index contributed by atoms with van der Waals surface area (Å²) in [7, 11) is 0. The van der Waals surface area contributed by atoms with Gasteiger partial charge in [-0.05, 0) is 0 Å². The molecular formula is C5H5BrN2O. The van der Waals surface area contributed by atoms with E-state index in [1.54, 1.807) is 12.4 Å². The van der Waals surface area contributed by atoms with Gasteiger partial charge < -0.3 is 0 Å². The lowest BCUT2D eigenvalue weighted by Gasteiger charge is -1.91. The van der Waals surface area contributed by atoms with Crippen molar-refractivity contribution in [3.63, 3.8) is 0 Å². The van der Waals surface area contributed by atoms with Crippen molar-refractivity contribution in [1.82, 2.24) is 9.55 Å². The number of halogens is 1. The van der Waals surface area contributed by atoms with Gasteiger partial charge in [0.05, 0.1) is 5.33 Å². The van der Waals surface area contributed by atoms with Gasteiger partial charge in [0.25, 0.3) is 0 Å². The Kier molecular flexibility index (Phi) is 2.00. The zero-order valence-corrected chi connectivity index (χ0v) is 6.21. The third-order valence-electron chi connectivity index (χ3n) is 0.907. The van der Waals surface area contributed by atoms with Gasteiger partial charge in [0.2, 0.25) is 5.91 Å². The van der Waals surface area contributed by atoms with Crippen molar-refractivity contribution in [2.75, 3.05) is 5.33 Å². The Morgan fingerprint density at radius 3 is 3.00 bits per heavy atom. The maximum atomic E-state index is 10.8. The van der Waals surface area contributed by atoms with Crippen LogP contribution in [0.2, 0.25) is 0 Å². The first-order valence-electron chi connectivity index (χ1n) is 2.41. The first-order chi connectivity index (χ1) is 4.34. The molecule has 1 heterocycles. The lowest BCUT2D eigenvalue weighted by Crippen LogP contribution is -2.08.